The standard InChI is InChI=1S/C32H39IN10OS/c1-20-18-26(27(44-6)19-25(20)42-16-11-21(12-17-42)39(2)3)40(4)32-37-30-22(10-13-36-30)31(38-32)43(33)24-9-8-23-28(35-15-14-34-23)29(24)41(5)45-7/h8-10,13-15,18-19,21H,11-12,16-17H2,1-7H3,(H,36,37,38). The van der Waals surface area contributed by atoms with Gasteiger partial charge in [0, 0.05) is 69.8 Å². The number of ether oxygens (including phenoxy) is 1. The van der Waals surface area contributed by atoms with Crippen LogP contribution >= 0.6 is 34.8 Å². The number of aryl methyl sites for hydroxylation is 1. The highest BCUT2D eigenvalue weighted by Crippen LogP contribution is 2.44. The van der Waals surface area contributed by atoms with Gasteiger partial charge in [-0.3, -0.25) is 13.1 Å². The van der Waals surface area contributed by atoms with Gasteiger partial charge in [0.05, 0.1) is 57.9 Å². The Morgan fingerprint density at radius 1 is 1.00 bits per heavy atom. The summed E-state index contributed by atoms with van der Waals surface area (Å²) in [4.78, 5) is 29.4. The van der Waals surface area contributed by atoms with Crippen LogP contribution < -0.4 is 22.0 Å². The number of rotatable bonds is 9. The van der Waals surface area contributed by atoms with Crippen LogP contribution in [0.4, 0.5) is 34.5 Å². The SMILES string of the molecule is COc1cc(N2CCC(N(C)C)CC2)c(C)cc1N(C)c1nc(N(I)c2ccc3nccnc3c2N(C)SC)c2cc[nH]c2n1. The van der Waals surface area contributed by atoms with Gasteiger partial charge < -0.3 is 28.7 Å². The molecule has 0 spiro atoms. The van der Waals surface area contributed by atoms with Crippen molar-refractivity contribution in [2.45, 2.75) is 25.8 Å². The molecule has 0 saturated carbocycles. The van der Waals surface area contributed by atoms with Crippen molar-refractivity contribution in [2.75, 3.05) is 71.9 Å². The monoisotopic (exact) mass is 738 g/mol. The van der Waals surface area contributed by atoms with Gasteiger partial charge in [0.25, 0.3) is 0 Å². The molecule has 0 bridgehead atoms. The highest BCUT2D eigenvalue weighted by atomic mass is 127. The molecule has 1 aliphatic heterocycles. The summed E-state index contributed by atoms with van der Waals surface area (Å²) >= 11 is 3.95. The first kappa shape index (κ1) is 31.4. The Balaban J connectivity index is 1.39. The Kier molecular flexibility index (Phi) is 9.11. The molecule has 0 radical (unpaired) electrons. The first-order valence-electron chi connectivity index (χ1n) is 14.9. The Hall–Kier alpha value is -3.56. The van der Waals surface area contributed by atoms with Crippen molar-refractivity contribution in [1.82, 2.24) is 29.8 Å². The third-order valence-electron chi connectivity index (χ3n) is 8.66. The third kappa shape index (κ3) is 5.92. The molecular formula is C32H39IN10OS. The van der Waals surface area contributed by atoms with E-state index in [4.69, 9.17) is 14.7 Å². The van der Waals surface area contributed by atoms with Gasteiger partial charge in [-0.2, -0.15) is 9.97 Å². The third-order valence-corrected chi connectivity index (χ3v) is 10.4. The molecule has 1 N–H and O–H groups in total. The second-order valence-corrected chi connectivity index (χ2v) is 13.3. The molecule has 5 aromatic rings. The predicted octanol–water partition coefficient (Wildman–Crippen LogP) is 6.72. The van der Waals surface area contributed by atoms with Gasteiger partial charge in [-0.1, -0.05) is 11.9 Å². The van der Waals surface area contributed by atoms with Crippen molar-refractivity contribution in [3.8, 4) is 5.75 Å². The summed E-state index contributed by atoms with van der Waals surface area (Å²) in [6, 6.07) is 11.1. The van der Waals surface area contributed by atoms with Crippen LogP contribution in [-0.4, -0.2) is 90.5 Å². The van der Waals surface area contributed by atoms with Crippen LogP contribution in [-0.2, 0) is 0 Å². The van der Waals surface area contributed by atoms with Crippen LogP contribution in [0, 0.1) is 6.92 Å². The first-order valence-corrected chi connectivity index (χ1v) is 17.0. The van der Waals surface area contributed by atoms with Gasteiger partial charge in [-0.15, -0.1) is 0 Å². The van der Waals surface area contributed by atoms with E-state index in [1.54, 1.807) is 31.5 Å². The summed E-state index contributed by atoms with van der Waals surface area (Å²) in [5, 5.41) is 0.915. The van der Waals surface area contributed by atoms with E-state index in [0.29, 0.717) is 12.0 Å². The maximum absolute atomic E-state index is 5.98. The van der Waals surface area contributed by atoms with E-state index >= 15 is 0 Å². The van der Waals surface area contributed by atoms with Gasteiger partial charge in [0.15, 0.2) is 5.82 Å². The molecule has 3 aromatic heterocycles. The zero-order valence-corrected chi connectivity index (χ0v) is 29.7. The normalized spacial score (nSPS) is 14.0. The molecule has 2 aromatic carbocycles. The van der Waals surface area contributed by atoms with Crippen LogP contribution in [0.2, 0.25) is 0 Å². The molecule has 236 valence electrons. The molecule has 1 aliphatic rings. The van der Waals surface area contributed by atoms with Crippen molar-refractivity contribution in [2.24, 2.45) is 0 Å². The minimum atomic E-state index is 0.555. The number of benzene rings is 2. The smallest absolute Gasteiger partial charge is 0.233 e. The van der Waals surface area contributed by atoms with E-state index in [1.165, 1.54) is 11.3 Å². The van der Waals surface area contributed by atoms with Crippen LogP contribution in [0.1, 0.15) is 18.4 Å². The van der Waals surface area contributed by atoms with Crippen molar-refractivity contribution in [1.29, 1.82) is 0 Å². The number of nitrogens with zero attached hydrogens (tertiary/aromatic N) is 9. The first-order chi connectivity index (χ1) is 21.7. The lowest BCUT2D eigenvalue weighted by Gasteiger charge is -2.37. The second kappa shape index (κ2) is 13.0. The van der Waals surface area contributed by atoms with Gasteiger partial charge in [0.1, 0.15) is 16.9 Å². The maximum Gasteiger partial charge on any atom is 0.233 e. The number of H-pyrrole nitrogens is 1. The number of hydrogen-bond donors (Lipinski definition) is 1. The number of nitrogens with one attached hydrogen (secondary N) is 1. The minimum Gasteiger partial charge on any atom is -0.494 e. The van der Waals surface area contributed by atoms with Gasteiger partial charge in [-0.25, -0.2) is 0 Å². The molecule has 0 unspecified atom stereocenters. The van der Waals surface area contributed by atoms with Gasteiger partial charge in [0.2, 0.25) is 5.95 Å². The fourth-order valence-corrected chi connectivity index (χ4v) is 7.18. The maximum atomic E-state index is 5.98. The minimum absolute atomic E-state index is 0.555. The van der Waals surface area contributed by atoms with E-state index < -0.39 is 0 Å². The highest BCUT2D eigenvalue weighted by Gasteiger charge is 2.26. The number of halogens is 1. The number of piperidine rings is 1. The average molecular weight is 739 g/mol. The fraction of sp³-hybridized carbons (Fsp3) is 0.375. The molecular weight excluding hydrogens is 699 g/mol. The van der Waals surface area contributed by atoms with E-state index in [0.717, 1.165) is 76.6 Å². The summed E-state index contributed by atoms with van der Waals surface area (Å²) in [5.41, 5.74) is 7.64. The molecule has 11 nitrogen and oxygen atoms in total. The average Bonchev–Trinajstić information content (AvgIpc) is 3.55. The van der Waals surface area contributed by atoms with Crippen LogP contribution in [0.25, 0.3) is 22.1 Å². The second-order valence-electron chi connectivity index (χ2n) is 11.5. The van der Waals surface area contributed by atoms with E-state index in [9.17, 15) is 0 Å². The summed E-state index contributed by atoms with van der Waals surface area (Å²) < 4.78 is 10.2. The number of aromatic amines is 1. The number of methoxy groups -OCH3 is 1. The molecule has 0 aliphatic carbocycles. The molecule has 1 saturated heterocycles. The molecule has 13 heteroatoms. The van der Waals surface area contributed by atoms with Gasteiger partial charge in [-0.05, 0) is 63.7 Å². The highest BCUT2D eigenvalue weighted by molar-refractivity contribution is 14.1. The summed E-state index contributed by atoms with van der Waals surface area (Å²) in [6.07, 6.45) is 9.69. The largest absolute Gasteiger partial charge is 0.494 e. The predicted molar refractivity (Wildman–Crippen MR) is 196 cm³/mol. The Bertz CT molecular complexity index is 1820. The Morgan fingerprint density at radius 2 is 1.76 bits per heavy atom. The number of fused-ring (bicyclic) bond motifs is 2. The molecule has 4 heterocycles. The van der Waals surface area contributed by atoms with Crippen molar-refractivity contribution >= 4 is 91.4 Å². The molecule has 0 atom stereocenters. The van der Waals surface area contributed by atoms with E-state index in [2.05, 4.69) is 94.3 Å². The van der Waals surface area contributed by atoms with Crippen molar-refractivity contribution in [3.05, 3.63) is 54.5 Å². The lowest BCUT2D eigenvalue weighted by atomic mass is 10.0. The fourth-order valence-electron chi connectivity index (χ4n) is 6.06. The zero-order valence-electron chi connectivity index (χ0n) is 26.7. The molecule has 45 heavy (non-hydrogen) atoms. The van der Waals surface area contributed by atoms with Crippen molar-refractivity contribution < 1.29 is 4.74 Å². The van der Waals surface area contributed by atoms with Crippen molar-refractivity contribution in [3.63, 3.8) is 0 Å². The molecule has 0 amide bonds. The zero-order chi connectivity index (χ0) is 31.8. The molecule has 6 rings (SSSR count). The number of hydrogen-bond acceptors (Lipinski definition) is 11. The summed E-state index contributed by atoms with van der Waals surface area (Å²) in [7, 11) is 10.1. The summed E-state index contributed by atoms with van der Waals surface area (Å²) in [5.74, 6) is 2.10. The van der Waals surface area contributed by atoms with Gasteiger partial charge >= 0.3 is 0 Å². The lowest BCUT2D eigenvalue weighted by molar-refractivity contribution is 0.249. The van der Waals surface area contributed by atoms with Crippen LogP contribution in [0.15, 0.2) is 48.9 Å². The van der Waals surface area contributed by atoms with E-state index in [1.807, 2.05) is 43.6 Å². The summed E-state index contributed by atoms with van der Waals surface area (Å²) in [6.45, 7) is 4.22. The quantitative estimate of drug-likeness (QED) is 0.0994. The van der Waals surface area contributed by atoms with Crippen LogP contribution in [0.3, 0.4) is 0 Å². The lowest BCUT2D eigenvalue weighted by Crippen LogP contribution is -2.42. The topological polar surface area (TPSA) is 92.8 Å². The number of aromatic nitrogens is 5. The Labute approximate surface area is 282 Å². The van der Waals surface area contributed by atoms with Crippen LogP contribution in [0.5, 0.6) is 5.75 Å². The molecule has 1 fully saturated rings. The van der Waals surface area contributed by atoms with E-state index in [-0.39, 0.29) is 0 Å². The Morgan fingerprint density at radius 3 is 2.47 bits per heavy atom. The number of anilines is 6.